The molecule has 2 unspecified atom stereocenters. The number of thiophene rings is 1. The minimum Gasteiger partial charge on any atom is -0.444 e. The van der Waals surface area contributed by atoms with Gasteiger partial charge in [-0.25, -0.2) is 4.79 Å². The van der Waals surface area contributed by atoms with Crippen molar-refractivity contribution in [3.05, 3.63) is 22.4 Å². The van der Waals surface area contributed by atoms with E-state index in [1.165, 1.54) is 0 Å². The second-order valence-electron chi connectivity index (χ2n) is 8.47. The predicted molar refractivity (Wildman–Crippen MR) is 103 cm³/mol. The van der Waals surface area contributed by atoms with Gasteiger partial charge in [0.15, 0.2) is 0 Å². The molecular weight excluding hydrogens is 336 g/mol. The van der Waals surface area contributed by atoms with E-state index < -0.39 is 11.7 Å². The third-order valence-electron chi connectivity index (χ3n) is 3.57. The topological polar surface area (TPSA) is 67.4 Å². The predicted octanol–water partition coefficient (Wildman–Crippen LogP) is 4.64. The van der Waals surface area contributed by atoms with Crippen LogP contribution in [0.1, 0.15) is 72.2 Å². The van der Waals surface area contributed by atoms with Gasteiger partial charge in [-0.05, 0) is 51.0 Å². The molecule has 0 saturated carbocycles. The van der Waals surface area contributed by atoms with E-state index in [0.717, 1.165) is 4.88 Å². The molecule has 0 aliphatic rings. The number of carbonyl (C=O) groups excluding carboxylic acids is 2. The Balaban J connectivity index is 2.49. The van der Waals surface area contributed by atoms with Crippen LogP contribution in [0.3, 0.4) is 0 Å². The molecule has 0 fully saturated rings. The summed E-state index contributed by atoms with van der Waals surface area (Å²) < 4.78 is 5.22. The van der Waals surface area contributed by atoms with Gasteiger partial charge in [0.2, 0.25) is 5.91 Å². The molecular formula is C19H32N2O3S. The molecule has 0 aliphatic carbocycles. The van der Waals surface area contributed by atoms with Gasteiger partial charge in [0.1, 0.15) is 5.60 Å². The fourth-order valence-corrected chi connectivity index (χ4v) is 3.35. The summed E-state index contributed by atoms with van der Waals surface area (Å²) in [5, 5.41) is 7.92. The van der Waals surface area contributed by atoms with E-state index in [1.807, 2.05) is 45.2 Å². The van der Waals surface area contributed by atoms with Crippen LogP contribution in [0.15, 0.2) is 17.5 Å². The van der Waals surface area contributed by atoms with E-state index in [9.17, 15) is 9.59 Å². The molecule has 6 heteroatoms. The van der Waals surface area contributed by atoms with E-state index in [0.29, 0.717) is 12.8 Å². The highest BCUT2D eigenvalue weighted by Crippen LogP contribution is 2.35. The standard InChI is InChI=1S/C19H32N2O3S/c1-13(20-17(23)24-19(5,6)7)10-11-15(22)21-16(18(2,3)4)14-9-8-12-25-14/h8-9,12-13,16H,10-11H2,1-7H3,(H,20,23)(H,21,22). The number of hydrogen-bond acceptors (Lipinski definition) is 4. The number of amides is 2. The minimum atomic E-state index is -0.526. The summed E-state index contributed by atoms with van der Waals surface area (Å²) in [6.07, 6.45) is 0.466. The average molecular weight is 369 g/mol. The van der Waals surface area contributed by atoms with Gasteiger partial charge in [-0.1, -0.05) is 26.8 Å². The molecule has 1 rings (SSSR count). The first-order chi connectivity index (χ1) is 11.4. The summed E-state index contributed by atoms with van der Waals surface area (Å²) in [6, 6.07) is 3.90. The summed E-state index contributed by atoms with van der Waals surface area (Å²) in [4.78, 5) is 25.3. The average Bonchev–Trinajstić information content (AvgIpc) is 2.92. The Morgan fingerprint density at radius 2 is 1.80 bits per heavy atom. The summed E-state index contributed by atoms with van der Waals surface area (Å²) in [5.41, 5.74) is -0.595. The van der Waals surface area contributed by atoms with Crippen molar-refractivity contribution in [3.63, 3.8) is 0 Å². The summed E-state index contributed by atoms with van der Waals surface area (Å²) >= 11 is 1.65. The number of carbonyl (C=O) groups is 2. The largest absolute Gasteiger partial charge is 0.444 e. The van der Waals surface area contributed by atoms with E-state index >= 15 is 0 Å². The van der Waals surface area contributed by atoms with Crippen molar-refractivity contribution in [2.45, 2.75) is 79.0 Å². The number of alkyl carbamates (subject to hydrolysis) is 1. The highest BCUT2D eigenvalue weighted by molar-refractivity contribution is 7.10. The molecule has 1 aromatic rings. The number of nitrogens with one attached hydrogen (secondary N) is 2. The smallest absolute Gasteiger partial charge is 0.407 e. The maximum Gasteiger partial charge on any atom is 0.407 e. The molecule has 0 aromatic carbocycles. The Morgan fingerprint density at radius 3 is 2.28 bits per heavy atom. The molecule has 0 aliphatic heterocycles. The van der Waals surface area contributed by atoms with Crippen LogP contribution in [0, 0.1) is 5.41 Å². The van der Waals surface area contributed by atoms with Crippen LogP contribution in [0.2, 0.25) is 0 Å². The Morgan fingerprint density at radius 1 is 1.16 bits per heavy atom. The van der Waals surface area contributed by atoms with Gasteiger partial charge in [-0.3, -0.25) is 4.79 Å². The van der Waals surface area contributed by atoms with Crippen LogP contribution in [-0.2, 0) is 9.53 Å². The summed E-state index contributed by atoms with van der Waals surface area (Å²) in [7, 11) is 0. The van der Waals surface area contributed by atoms with Crippen LogP contribution < -0.4 is 10.6 Å². The molecule has 0 radical (unpaired) electrons. The molecule has 142 valence electrons. The number of hydrogen-bond donors (Lipinski definition) is 2. The van der Waals surface area contributed by atoms with Crippen LogP contribution in [0.4, 0.5) is 4.79 Å². The van der Waals surface area contributed by atoms with E-state index in [2.05, 4.69) is 31.4 Å². The normalized spacial score (nSPS) is 14.5. The van der Waals surface area contributed by atoms with Gasteiger partial charge in [0.25, 0.3) is 0 Å². The maximum atomic E-state index is 12.4. The van der Waals surface area contributed by atoms with Crippen LogP contribution >= 0.6 is 11.3 Å². The summed E-state index contributed by atoms with van der Waals surface area (Å²) in [6.45, 7) is 13.7. The van der Waals surface area contributed by atoms with Gasteiger partial charge >= 0.3 is 6.09 Å². The van der Waals surface area contributed by atoms with Gasteiger partial charge in [0.05, 0.1) is 6.04 Å². The summed E-state index contributed by atoms with van der Waals surface area (Å²) in [5.74, 6) is -0.00818. The molecule has 1 heterocycles. The van der Waals surface area contributed by atoms with Gasteiger partial charge in [-0.2, -0.15) is 0 Å². The van der Waals surface area contributed by atoms with Crippen molar-refractivity contribution in [2.75, 3.05) is 0 Å². The fraction of sp³-hybridized carbons (Fsp3) is 0.684. The zero-order valence-electron chi connectivity index (χ0n) is 16.4. The highest BCUT2D eigenvalue weighted by Gasteiger charge is 2.28. The Kier molecular flexibility index (Phi) is 7.47. The van der Waals surface area contributed by atoms with Crippen molar-refractivity contribution in [2.24, 2.45) is 5.41 Å². The molecule has 2 atom stereocenters. The van der Waals surface area contributed by atoms with Crippen LogP contribution in [0.5, 0.6) is 0 Å². The Labute approximate surface area is 155 Å². The Hall–Kier alpha value is -1.56. The van der Waals surface area contributed by atoms with Crippen molar-refractivity contribution in [3.8, 4) is 0 Å². The van der Waals surface area contributed by atoms with Gasteiger partial charge in [-0.15, -0.1) is 11.3 Å². The second kappa shape index (κ2) is 8.70. The number of ether oxygens (including phenoxy) is 1. The minimum absolute atomic E-state index is 0.00818. The van der Waals surface area contributed by atoms with E-state index in [4.69, 9.17) is 4.74 Å². The number of rotatable bonds is 6. The van der Waals surface area contributed by atoms with Crippen LogP contribution in [0.25, 0.3) is 0 Å². The molecule has 1 aromatic heterocycles. The van der Waals surface area contributed by atoms with Gasteiger partial charge in [0, 0.05) is 17.3 Å². The molecule has 2 N–H and O–H groups in total. The van der Waals surface area contributed by atoms with Crippen molar-refractivity contribution in [1.82, 2.24) is 10.6 Å². The molecule has 5 nitrogen and oxygen atoms in total. The van der Waals surface area contributed by atoms with Crippen molar-refractivity contribution in [1.29, 1.82) is 0 Å². The van der Waals surface area contributed by atoms with Crippen molar-refractivity contribution < 1.29 is 14.3 Å². The zero-order valence-corrected chi connectivity index (χ0v) is 17.3. The Bertz CT molecular complexity index is 556. The quantitative estimate of drug-likeness (QED) is 0.768. The lowest BCUT2D eigenvalue weighted by molar-refractivity contribution is -0.122. The molecule has 2 amide bonds. The first-order valence-corrected chi connectivity index (χ1v) is 9.59. The fourth-order valence-electron chi connectivity index (χ4n) is 2.33. The first kappa shape index (κ1) is 21.5. The molecule has 0 saturated heterocycles. The third kappa shape index (κ3) is 8.38. The van der Waals surface area contributed by atoms with E-state index in [-0.39, 0.29) is 23.4 Å². The molecule has 0 spiro atoms. The first-order valence-electron chi connectivity index (χ1n) is 8.71. The monoisotopic (exact) mass is 368 g/mol. The lowest BCUT2D eigenvalue weighted by Gasteiger charge is -2.31. The highest BCUT2D eigenvalue weighted by atomic mass is 32.1. The van der Waals surface area contributed by atoms with E-state index in [1.54, 1.807) is 11.3 Å². The second-order valence-corrected chi connectivity index (χ2v) is 9.45. The lowest BCUT2D eigenvalue weighted by atomic mass is 9.85. The van der Waals surface area contributed by atoms with Crippen LogP contribution in [-0.4, -0.2) is 23.6 Å². The molecule has 25 heavy (non-hydrogen) atoms. The van der Waals surface area contributed by atoms with Gasteiger partial charge < -0.3 is 15.4 Å². The zero-order chi connectivity index (χ0) is 19.3. The van der Waals surface area contributed by atoms with Crippen molar-refractivity contribution >= 4 is 23.3 Å². The lowest BCUT2D eigenvalue weighted by Crippen LogP contribution is -2.39. The maximum absolute atomic E-state index is 12.4. The third-order valence-corrected chi connectivity index (χ3v) is 4.50. The molecule has 0 bridgehead atoms. The SMILES string of the molecule is CC(CCC(=O)NC(c1cccs1)C(C)(C)C)NC(=O)OC(C)(C)C.